The monoisotopic (exact) mass is 232 g/mol. The molecule has 1 heterocycles. The third-order valence-electron chi connectivity index (χ3n) is 2.23. The number of carbonyl (C=O) groups is 1. The Hall–Kier alpha value is -2.30. The molecule has 1 aromatic carbocycles. The minimum Gasteiger partial charge on any atom is -0.465 e. The summed E-state index contributed by atoms with van der Waals surface area (Å²) < 4.78 is 5.32. The van der Waals surface area contributed by atoms with Crippen LogP contribution in [0.25, 0.3) is 11.5 Å². The fourth-order valence-corrected chi connectivity index (χ4v) is 1.43. The van der Waals surface area contributed by atoms with Crippen LogP contribution >= 0.6 is 0 Å². The predicted molar refractivity (Wildman–Crippen MR) is 61.7 cm³/mol. The van der Waals surface area contributed by atoms with Gasteiger partial charge in [-0.25, -0.2) is 9.78 Å². The van der Waals surface area contributed by atoms with Crippen LogP contribution in [-0.2, 0) is 6.42 Å². The predicted octanol–water partition coefficient (Wildman–Crippen LogP) is 2.15. The van der Waals surface area contributed by atoms with Crippen LogP contribution in [0.5, 0.6) is 0 Å². The number of rotatable bonds is 4. The zero-order valence-electron chi connectivity index (χ0n) is 9.09. The van der Waals surface area contributed by atoms with E-state index < -0.39 is 6.09 Å². The molecule has 0 fully saturated rings. The van der Waals surface area contributed by atoms with Gasteiger partial charge in [0.25, 0.3) is 0 Å². The van der Waals surface area contributed by atoms with Gasteiger partial charge in [0.15, 0.2) is 0 Å². The summed E-state index contributed by atoms with van der Waals surface area (Å²) in [6.45, 7) is 0.329. The molecule has 0 aliphatic heterocycles. The molecule has 1 amide bonds. The van der Waals surface area contributed by atoms with Crippen LogP contribution in [0, 0.1) is 0 Å². The van der Waals surface area contributed by atoms with Gasteiger partial charge in [0, 0.05) is 18.5 Å². The Balaban J connectivity index is 1.99. The van der Waals surface area contributed by atoms with E-state index in [1.807, 2.05) is 30.3 Å². The van der Waals surface area contributed by atoms with E-state index in [1.165, 1.54) is 0 Å². The molecule has 88 valence electrons. The maximum absolute atomic E-state index is 10.3. The smallest absolute Gasteiger partial charge is 0.404 e. The van der Waals surface area contributed by atoms with Gasteiger partial charge in [0.2, 0.25) is 5.89 Å². The van der Waals surface area contributed by atoms with Crippen molar-refractivity contribution in [3.63, 3.8) is 0 Å². The van der Waals surface area contributed by atoms with Gasteiger partial charge in [0.1, 0.15) is 6.26 Å². The number of hydrogen-bond acceptors (Lipinski definition) is 3. The standard InChI is InChI=1S/C12H12N2O3/c15-12(16)13-7-6-10-8-17-11(14-10)9-4-2-1-3-5-9/h1-5,8,13H,6-7H2,(H,15,16). The molecule has 17 heavy (non-hydrogen) atoms. The van der Waals surface area contributed by atoms with Crippen LogP contribution in [0.3, 0.4) is 0 Å². The molecule has 0 radical (unpaired) electrons. The van der Waals surface area contributed by atoms with Crippen molar-refractivity contribution in [3.8, 4) is 11.5 Å². The van der Waals surface area contributed by atoms with Crippen molar-refractivity contribution in [2.24, 2.45) is 0 Å². The molecule has 2 N–H and O–H groups in total. The van der Waals surface area contributed by atoms with E-state index in [1.54, 1.807) is 6.26 Å². The quantitative estimate of drug-likeness (QED) is 0.846. The second-order valence-corrected chi connectivity index (χ2v) is 3.49. The van der Waals surface area contributed by atoms with Crippen molar-refractivity contribution in [2.45, 2.75) is 6.42 Å². The molecular weight excluding hydrogens is 220 g/mol. The number of carboxylic acid groups (broad SMARTS) is 1. The molecular formula is C12H12N2O3. The van der Waals surface area contributed by atoms with Crippen molar-refractivity contribution in [3.05, 3.63) is 42.3 Å². The second-order valence-electron chi connectivity index (χ2n) is 3.49. The summed E-state index contributed by atoms with van der Waals surface area (Å²) in [4.78, 5) is 14.5. The van der Waals surface area contributed by atoms with Crippen LogP contribution in [0.1, 0.15) is 5.69 Å². The van der Waals surface area contributed by atoms with Crippen molar-refractivity contribution in [1.29, 1.82) is 0 Å². The van der Waals surface area contributed by atoms with Gasteiger partial charge in [-0.1, -0.05) is 18.2 Å². The number of aromatic nitrogens is 1. The number of amides is 1. The van der Waals surface area contributed by atoms with E-state index >= 15 is 0 Å². The van der Waals surface area contributed by atoms with E-state index in [0.29, 0.717) is 18.9 Å². The lowest BCUT2D eigenvalue weighted by Gasteiger charge is -1.96. The van der Waals surface area contributed by atoms with E-state index in [9.17, 15) is 4.79 Å². The first kappa shape index (κ1) is 11.2. The average molecular weight is 232 g/mol. The van der Waals surface area contributed by atoms with Crippen molar-refractivity contribution in [2.75, 3.05) is 6.54 Å². The highest BCUT2D eigenvalue weighted by atomic mass is 16.4. The summed E-state index contributed by atoms with van der Waals surface area (Å²) in [7, 11) is 0. The number of nitrogens with one attached hydrogen (secondary N) is 1. The molecule has 5 nitrogen and oxygen atoms in total. The highest BCUT2D eigenvalue weighted by Crippen LogP contribution is 2.17. The molecule has 2 rings (SSSR count). The van der Waals surface area contributed by atoms with Gasteiger partial charge in [-0.15, -0.1) is 0 Å². The highest BCUT2D eigenvalue weighted by Gasteiger charge is 2.06. The SMILES string of the molecule is O=C(O)NCCc1coc(-c2ccccc2)n1. The van der Waals surface area contributed by atoms with E-state index in [-0.39, 0.29) is 0 Å². The summed E-state index contributed by atoms with van der Waals surface area (Å²) in [5.41, 5.74) is 1.64. The lowest BCUT2D eigenvalue weighted by Crippen LogP contribution is -2.23. The van der Waals surface area contributed by atoms with Gasteiger partial charge in [0.05, 0.1) is 5.69 Å². The largest absolute Gasteiger partial charge is 0.465 e. The Labute approximate surface area is 98.1 Å². The topological polar surface area (TPSA) is 75.4 Å². The number of hydrogen-bond donors (Lipinski definition) is 2. The number of nitrogens with zero attached hydrogens (tertiary/aromatic N) is 1. The second kappa shape index (κ2) is 5.16. The van der Waals surface area contributed by atoms with E-state index in [0.717, 1.165) is 11.3 Å². The maximum atomic E-state index is 10.3. The van der Waals surface area contributed by atoms with Gasteiger partial charge < -0.3 is 14.8 Å². The molecule has 2 aromatic rings. The molecule has 0 saturated carbocycles. The summed E-state index contributed by atoms with van der Waals surface area (Å²) in [6.07, 6.45) is 1.03. The first-order valence-electron chi connectivity index (χ1n) is 5.22. The van der Waals surface area contributed by atoms with Gasteiger partial charge in [-0.3, -0.25) is 0 Å². The summed E-state index contributed by atoms with van der Waals surface area (Å²) in [6, 6.07) is 9.55. The van der Waals surface area contributed by atoms with Crippen molar-refractivity contribution < 1.29 is 14.3 Å². The molecule has 0 unspecified atom stereocenters. The molecule has 1 aromatic heterocycles. The first-order valence-corrected chi connectivity index (χ1v) is 5.22. The Morgan fingerprint density at radius 2 is 2.12 bits per heavy atom. The van der Waals surface area contributed by atoms with Gasteiger partial charge in [-0.2, -0.15) is 0 Å². The minimum absolute atomic E-state index is 0.329. The fraction of sp³-hybridized carbons (Fsp3) is 0.167. The number of oxazole rings is 1. The fourth-order valence-electron chi connectivity index (χ4n) is 1.43. The molecule has 0 atom stereocenters. The summed E-state index contributed by atoms with van der Waals surface area (Å²) >= 11 is 0. The van der Waals surface area contributed by atoms with Crippen LogP contribution in [0.15, 0.2) is 41.0 Å². The Morgan fingerprint density at radius 3 is 2.82 bits per heavy atom. The summed E-state index contributed by atoms with van der Waals surface area (Å²) in [5.74, 6) is 0.552. The zero-order valence-corrected chi connectivity index (χ0v) is 9.09. The third kappa shape index (κ3) is 3.07. The third-order valence-corrected chi connectivity index (χ3v) is 2.23. The Kier molecular flexibility index (Phi) is 3.40. The normalized spacial score (nSPS) is 10.1. The molecule has 0 saturated heterocycles. The first-order chi connectivity index (χ1) is 8.25. The van der Waals surface area contributed by atoms with Crippen LogP contribution in [0.2, 0.25) is 0 Å². The molecule has 0 aliphatic rings. The average Bonchev–Trinajstić information content (AvgIpc) is 2.78. The van der Waals surface area contributed by atoms with Crippen LogP contribution in [0.4, 0.5) is 4.79 Å². The summed E-state index contributed by atoms with van der Waals surface area (Å²) in [5, 5.41) is 10.7. The highest BCUT2D eigenvalue weighted by molar-refractivity contribution is 5.64. The van der Waals surface area contributed by atoms with E-state index in [2.05, 4.69) is 10.3 Å². The van der Waals surface area contributed by atoms with Gasteiger partial charge in [-0.05, 0) is 12.1 Å². The van der Waals surface area contributed by atoms with Crippen LogP contribution in [-0.4, -0.2) is 22.7 Å². The van der Waals surface area contributed by atoms with E-state index in [4.69, 9.17) is 9.52 Å². The minimum atomic E-state index is -1.03. The van der Waals surface area contributed by atoms with Crippen molar-refractivity contribution in [1.82, 2.24) is 10.3 Å². The number of benzene rings is 1. The molecule has 5 heteroatoms. The lowest BCUT2D eigenvalue weighted by atomic mass is 10.2. The van der Waals surface area contributed by atoms with Crippen molar-refractivity contribution >= 4 is 6.09 Å². The molecule has 0 bridgehead atoms. The Bertz CT molecular complexity index is 493. The van der Waals surface area contributed by atoms with Gasteiger partial charge >= 0.3 is 6.09 Å². The zero-order chi connectivity index (χ0) is 12.1. The maximum Gasteiger partial charge on any atom is 0.404 e. The molecule has 0 spiro atoms. The Morgan fingerprint density at radius 1 is 1.35 bits per heavy atom. The molecule has 0 aliphatic carbocycles. The van der Waals surface area contributed by atoms with Crippen LogP contribution < -0.4 is 5.32 Å². The lowest BCUT2D eigenvalue weighted by molar-refractivity contribution is 0.194.